The van der Waals surface area contributed by atoms with Gasteiger partial charge in [0.1, 0.15) is 0 Å². The summed E-state index contributed by atoms with van der Waals surface area (Å²) >= 11 is 0. The van der Waals surface area contributed by atoms with Gasteiger partial charge in [0.15, 0.2) is 0 Å². The molecule has 1 aliphatic rings. The predicted octanol–water partition coefficient (Wildman–Crippen LogP) is 7.80. The first kappa shape index (κ1) is 26.2. The van der Waals surface area contributed by atoms with Gasteiger partial charge in [-0.3, -0.25) is 0 Å². The van der Waals surface area contributed by atoms with E-state index in [0.717, 1.165) is 22.6 Å². The minimum atomic E-state index is 0. The minimum absolute atomic E-state index is 0. The summed E-state index contributed by atoms with van der Waals surface area (Å²) in [6.07, 6.45) is 5.95. The summed E-state index contributed by atoms with van der Waals surface area (Å²) in [6.45, 7) is 13.5. The molecule has 1 saturated carbocycles. The summed E-state index contributed by atoms with van der Waals surface area (Å²) in [5, 5.41) is 0. The van der Waals surface area contributed by atoms with Crippen molar-refractivity contribution in [2.75, 3.05) is 0 Å². The van der Waals surface area contributed by atoms with E-state index in [9.17, 15) is 0 Å². The van der Waals surface area contributed by atoms with Gasteiger partial charge in [-0.05, 0) is 5.92 Å². The van der Waals surface area contributed by atoms with Crippen molar-refractivity contribution in [1.82, 2.24) is 0 Å². The maximum atomic E-state index is 3.72. The Morgan fingerprint density at radius 1 is 0.536 bits per heavy atom. The van der Waals surface area contributed by atoms with Crippen LogP contribution in [-0.4, -0.2) is 0 Å². The fourth-order valence-electron chi connectivity index (χ4n) is 2.56. The van der Waals surface area contributed by atoms with E-state index in [1.54, 1.807) is 0 Å². The molecule has 0 aliphatic heterocycles. The molecule has 1 fully saturated rings. The van der Waals surface area contributed by atoms with Crippen LogP contribution in [0.5, 0.6) is 0 Å². The van der Waals surface area contributed by atoms with E-state index in [0.29, 0.717) is 0 Å². The smallest absolute Gasteiger partial charge is 0.199 e. The van der Waals surface area contributed by atoms with E-state index >= 15 is 0 Å². The molecule has 3 aromatic carbocycles. The number of benzene rings is 3. The van der Waals surface area contributed by atoms with Crippen LogP contribution >= 0.6 is 0 Å². The van der Waals surface area contributed by atoms with Crippen molar-refractivity contribution in [3.05, 3.63) is 128 Å². The molecule has 0 aromatic heterocycles. The molecule has 4 rings (SSSR count). The normalized spacial score (nSPS) is 11.9. The topological polar surface area (TPSA) is 0 Å². The van der Waals surface area contributed by atoms with E-state index in [-0.39, 0.29) is 26.2 Å². The zero-order valence-corrected chi connectivity index (χ0v) is 19.6. The molecule has 1 heteroatoms. The first-order chi connectivity index (χ1) is 13.1. The van der Waals surface area contributed by atoms with Crippen LogP contribution < -0.4 is 0 Å². The summed E-state index contributed by atoms with van der Waals surface area (Å²) in [6, 6.07) is 29.6. The van der Waals surface area contributed by atoms with Crippen LogP contribution in [0.25, 0.3) is 0 Å². The molecule has 0 bridgehead atoms. The van der Waals surface area contributed by atoms with Gasteiger partial charge in [0.25, 0.3) is 0 Å². The van der Waals surface area contributed by atoms with E-state index in [1.165, 1.54) is 25.7 Å². The maximum absolute atomic E-state index is 3.72. The molecular formula is C27H33Zr+. The summed E-state index contributed by atoms with van der Waals surface area (Å²) in [5.41, 5.74) is 3.22. The van der Waals surface area contributed by atoms with Crippen molar-refractivity contribution >= 4 is 0 Å². The van der Waals surface area contributed by atoms with Gasteiger partial charge in [0.2, 0.25) is 0 Å². The minimum Gasteiger partial charge on any atom is -0.199 e. The van der Waals surface area contributed by atoms with Crippen LogP contribution in [0.15, 0.2) is 91.0 Å². The standard InChI is InChI=1S/3C7H7.C6H12.Zr/c3*1-7-5-3-2-4-6-7;1-6-4-2-3-5-6;/h3*2-6H,1H2;6H,2-5H2,1H3;/q3*-1;;+4. The van der Waals surface area contributed by atoms with E-state index in [2.05, 4.69) is 27.7 Å². The zero-order valence-electron chi connectivity index (χ0n) is 17.2. The Morgan fingerprint density at radius 3 is 0.893 bits per heavy atom. The average Bonchev–Trinajstić information content (AvgIpc) is 3.16. The monoisotopic (exact) mass is 447 g/mol. The van der Waals surface area contributed by atoms with Gasteiger partial charge in [-0.1, -0.05) is 50.8 Å². The van der Waals surface area contributed by atoms with Crippen molar-refractivity contribution in [2.24, 2.45) is 5.92 Å². The third-order valence-corrected chi connectivity index (χ3v) is 4.17. The van der Waals surface area contributed by atoms with Crippen molar-refractivity contribution < 1.29 is 26.2 Å². The van der Waals surface area contributed by atoms with Crippen LogP contribution in [0.1, 0.15) is 49.3 Å². The molecule has 0 spiro atoms. The fraction of sp³-hybridized carbons (Fsp3) is 0.222. The van der Waals surface area contributed by atoms with Crippen LogP contribution in [0.2, 0.25) is 0 Å². The molecule has 0 saturated heterocycles. The van der Waals surface area contributed by atoms with Gasteiger partial charge in [0, 0.05) is 0 Å². The van der Waals surface area contributed by atoms with Gasteiger partial charge < -0.3 is 0 Å². The molecule has 1 aliphatic carbocycles. The van der Waals surface area contributed by atoms with Crippen LogP contribution in [0.4, 0.5) is 0 Å². The first-order valence-corrected chi connectivity index (χ1v) is 9.69. The predicted molar refractivity (Wildman–Crippen MR) is 120 cm³/mol. The molecular weight excluding hydrogens is 416 g/mol. The Kier molecular flexibility index (Phi) is 16.1. The Labute approximate surface area is 192 Å². The molecule has 0 unspecified atom stereocenters. The van der Waals surface area contributed by atoms with Gasteiger partial charge in [-0.2, -0.15) is 73.9 Å². The number of hydrogen-bond donors (Lipinski definition) is 0. The zero-order chi connectivity index (χ0) is 19.7. The Bertz CT molecular complexity index is 582. The van der Waals surface area contributed by atoms with Crippen molar-refractivity contribution in [3.8, 4) is 0 Å². The van der Waals surface area contributed by atoms with Gasteiger partial charge >= 0.3 is 26.2 Å². The quantitative estimate of drug-likeness (QED) is 0.308. The molecule has 0 heterocycles. The second kappa shape index (κ2) is 17.3. The van der Waals surface area contributed by atoms with E-state index < -0.39 is 0 Å². The second-order valence-electron chi connectivity index (χ2n) is 6.85. The fourth-order valence-corrected chi connectivity index (χ4v) is 2.56. The summed E-state index contributed by atoms with van der Waals surface area (Å²) in [7, 11) is 0. The van der Waals surface area contributed by atoms with Crippen molar-refractivity contribution in [2.45, 2.75) is 32.6 Å². The van der Waals surface area contributed by atoms with Crippen LogP contribution in [0.3, 0.4) is 0 Å². The molecule has 0 amide bonds. The summed E-state index contributed by atoms with van der Waals surface area (Å²) in [4.78, 5) is 0. The molecule has 144 valence electrons. The SMILES string of the molecule is CC1CCCC1.[CH2-]c1ccccc1.[CH2-]c1ccccc1.[CH2-]c1ccccc1.[Zr+4]. The van der Waals surface area contributed by atoms with Crippen LogP contribution in [-0.2, 0) is 26.2 Å². The second-order valence-corrected chi connectivity index (χ2v) is 6.85. The third kappa shape index (κ3) is 15.2. The third-order valence-electron chi connectivity index (χ3n) is 4.17. The van der Waals surface area contributed by atoms with E-state index in [1.807, 2.05) is 91.0 Å². The molecule has 0 radical (unpaired) electrons. The van der Waals surface area contributed by atoms with Gasteiger partial charge in [0.05, 0.1) is 0 Å². The first-order valence-electron chi connectivity index (χ1n) is 9.69. The molecule has 28 heavy (non-hydrogen) atoms. The average molecular weight is 449 g/mol. The molecule has 3 aromatic rings. The summed E-state index contributed by atoms with van der Waals surface area (Å²) in [5.74, 6) is 1.05. The summed E-state index contributed by atoms with van der Waals surface area (Å²) < 4.78 is 0. The van der Waals surface area contributed by atoms with E-state index in [4.69, 9.17) is 0 Å². The van der Waals surface area contributed by atoms with Gasteiger partial charge in [-0.25, -0.2) is 0 Å². The van der Waals surface area contributed by atoms with Gasteiger partial charge in [-0.15, -0.1) is 36.4 Å². The maximum Gasteiger partial charge on any atom is 4.00 e. The Hall–Kier alpha value is -1.85. The number of rotatable bonds is 0. The Morgan fingerprint density at radius 2 is 0.786 bits per heavy atom. The van der Waals surface area contributed by atoms with Crippen LogP contribution in [0, 0.1) is 26.7 Å². The molecule has 0 N–H and O–H groups in total. The number of hydrogen-bond acceptors (Lipinski definition) is 0. The van der Waals surface area contributed by atoms with Crippen molar-refractivity contribution in [3.63, 3.8) is 0 Å². The molecule has 0 atom stereocenters. The molecule has 0 nitrogen and oxygen atoms in total. The Balaban J connectivity index is 0.000000344. The largest absolute Gasteiger partial charge is 4.00 e. The van der Waals surface area contributed by atoms with Crippen molar-refractivity contribution in [1.29, 1.82) is 0 Å².